The van der Waals surface area contributed by atoms with Gasteiger partial charge >= 0.3 is 12.1 Å². The summed E-state index contributed by atoms with van der Waals surface area (Å²) in [5.41, 5.74) is -0.566. The first kappa shape index (κ1) is 23.1. The maximum atomic E-state index is 12.9. The molecular formula is C20H30N2O6S. The number of aromatic nitrogens is 1. The fourth-order valence-corrected chi connectivity index (χ4v) is 4.51. The first-order valence-electron chi connectivity index (χ1n) is 9.75. The van der Waals surface area contributed by atoms with E-state index in [1.165, 1.54) is 23.2 Å². The second kappa shape index (κ2) is 8.69. The number of carbonyl (C=O) groups is 2. The Morgan fingerprint density at radius 3 is 2.52 bits per heavy atom. The molecule has 29 heavy (non-hydrogen) atoms. The molecule has 2 heterocycles. The maximum Gasteiger partial charge on any atom is 0.410 e. The van der Waals surface area contributed by atoms with Gasteiger partial charge in [-0.1, -0.05) is 0 Å². The number of hydrogen-bond donors (Lipinski definition) is 0. The zero-order valence-electron chi connectivity index (χ0n) is 17.8. The van der Waals surface area contributed by atoms with Gasteiger partial charge in [-0.25, -0.2) is 13.2 Å². The van der Waals surface area contributed by atoms with Crippen LogP contribution >= 0.6 is 0 Å². The van der Waals surface area contributed by atoms with E-state index < -0.39 is 44.7 Å². The van der Waals surface area contributed by atoms with Crippen LogP contribution in [0.25, 0.3) is 0 Å². The summed E-state index contributed by atoms with van der Waals surface area (Å²) in [6.45, 7) is 10.5. The summed E-state index contributed by atoms with van der Waals surface area (Å²) in [4.78, 5) is 31.1. The Bertz CT molecular complexity index is 860. The molecule has 0 spiro atoms. The normalized spacial score (nSPS) is 20.0. The minimum Gasteiger partial charge on any atom is -0.466 e. The van der Waals surface area contributed by atoms with Crippen LogP contribution in [0, 0.1) is 5.92 Å². The van der Waals surface area contributed by atoms with Gasteiger partial charge in [0, 0.05) is 12.7 Å². The third-order valence-corrected chi connectivity index (χ3v) is 6.82. The summed E-state index contributed by atoms with van der Waals surface area (Å²) >= 11 is 0. The zero-order chi connectivity index (χ0) is 22.0. The number of nitrogens with zero attached hydrogens (tertiary/aromatic N) is 2. The first-order valence-corrected chi connectivity index (χ1v) is 11.3. The number of esters is 1. The van der Waals surface area contributed by atoms with E-state index in [0.717, 1.165) is 0 Å². The fraction of sp³-hybridized carbons (Fsp3) is 0.650. The van der Waals surface area contributed by atoms with Crippen molar-refractivity contribution in [1.29, 1.82) is 0 Å². The van der Waals surface area contributed by atoms with E-state index in [-0.39, 0.29) is 23.7 Å². The van der Waals surface area contributed by atoms with Gasteiger partial charge in [-0.15, -0.1) is 0 Å². The van der Waals surface area contributed by atoms with E-state index in [2.05, 4.69) is 4.98 Å². The molecule has 1 fully saturated rings. The molecule has 1 amide bonds. The second-order valence-electron chi connectivity index (χ2n) is 8.25. The average Bonchev–Trinajstić information content (AvgIpc) is 3.05. The van der Waals surface area contributed by atoms with E-state index in [1.54, 1.807) is 41.5 Å². The Morgan fingerprint density at radius 1 is 1.31 bits per heavy atom. The largest absolute Gasteiger partial charge is 0.466 e. The van der Waals surface area contributed by atoms with Crippen molar-refractivity contribution < 1.29 is 27.5 Å². The quantitative estimate of drug-likeness (QED) is 0.666. The van der Waals surface area contributed by atoms with Gasteiger partial charge in [0.25, 0.3) is 0 Å². The summed E-state index contributed by atoms with van der Waals surface area (Å²) < 4.78 is 36.5. The lowest BCUT2D eigenvalue weighted by atomic mass is 9.97. The molecule has 2 atom stereocenters. The number of ether oxygens (including phenoxy) is 2. The van der Waals surface area contributed by atoms with Gasteiger partial charge in [0.05, 0.1) is 34.4 Å². The molecule has 1 aliphatic heterocycles. The summed E-state index contributed by atoms with van der Waals surface area (Å²) in [5.74, 6) is -1.21. The Hall–Kier alpha value is -2.16. The predicted molar refractivity (Wildman–Crippen MR) is 107 cm³/mol. The Kier molecular flexibility index (Phi) is 6.93. The highest BCUT2D eigenvalue weighted by Gasteiger charge is 2.47. The molecule has 9 heteroatoms. The summed E-state index contributed by atoms with van der Waals surface area (Å²) in [7, 11) is -3.68. The molecular weight excluding hydrogens is 396 g/mol. The van der Waals surface area contributed by atoms with Gasteiger partial charge in [-0.3, -0.25) is 14.7 Å². The Morgan fingerprint density at radius 2 is 1.97 bits per heavy atom. The van der Waals surface area contributed by atoms with E-state index in [1.807, 2.05) is 0 Å². The highest BCUT2D eigenvalue weighted by molar-refractivity contribution is 7.92. The monoisotopic (exact) mass is 426 g/mol. The molecule has 1 saturated heterocycles. The van der Waals surface area contributed by atoms with Crippen molar-refractivity contribution in [2.24, 2.45) is 5.92 Å². The van der Waals surface area contributed by atoms with Crippen molar-refractivity contribution in [1.82, 2.24) is 9.88 Å². The zero-order valence-corrected chi connectivity index (χ0v) is 18.7. The molecule has 0 aromatic carbocycles. The van der Waals surface area contributed by atoms with Crippen LogP contribution in [-0.2, 0) is 24.1 Å². The second-order valence-corrected chi connectivity index (χ2v) is 10.7. The van der Waals surface area contributed by atoms with Crippen molar-refractivity contribution in [3.63, 3.8) is 0 Å². The van der Waals surface area contributed by atoms with Crippen LogP contribution < -0.4 is 0 Å². The van der Waals surface area contributed by atoms with Crippen LogP contribution in [0.4, 0.5) is 4.79 Å². The van der Waals surface area contributed by atoms with Gasteiger partial charge in [-0.05, 0) is 60.1 Å². The van der Waals surface area contributed by atoms with Gasteiger partial charge in [-0.2, -0.15) is 0 Å². The lowest BCUT2D eigenvalue weighted by Crippen LogP contribution is -2.39. The van der Waals surface area contributed by atoms with Crippen molar-refractivity contribution in [2.75, 3.05) is 13.2 Å². The lowest BCUT2D eigenvalue weighted by molar-refractivity contribution is -0.148. The molecule has 1 aromatic rings. The SMILES string of the molecule is CCOC(=O)[C@@H]1CCN(C(=O)OC(C)(C)C)[C@@H]1c1ncccc1S(=O)(=O)C(C)C. The maximum absolute atomic E-state index is 12.9. The molecule has 0 unspecified atom stereocenters. The van der Waals surface area contributed by atoms with E-state index >= 15 is 0 Å². The topological polar surface area (TPSA) is 103 Å². The Balaban J connectivity index is 2.58. The third kappa shape index (κ3) is 5.07. The molecule has 1 aliphatic rings. The van der Waals surface area contributed by atoms with E-state index in [4.69, 9.17) is 9.47 Å². The van der Waals surface area contributed by atoms with Gasteiger partial charge < -0.3 is 9.47 Å². The molecule has 2 rings (SSSR count). The van der Waals surface area contributed by atoms with Crippen LogP contribution in [0.2, 0.25) is 0 Å². The van der Waals surface area contributed by atoms with Crippen molar-refractivity contribution in [3.05, 3.63) is 24.0 Å². The minimum absolute atomic E-state index is 0.0183. The van der Waals surface area contributed by atoms with Crippen LogP contribution in [0.15, 0.2) is 23.2 Å². The number of hydrogen-bond acceptors (Lipinski definition) is 7. The summed E-state index contributed by atoms with van der Waals surface area (Å²) in [6.07, 6.45) is 1.18. The number of amides is 1. The molecule has 0 bridgehead atoms. The van der Waals surface area contributed by atoms with Crippen LogP contribution in [0.5, 0.6) is 0 Å². The van der Waals surface area contributed by atoms with Crippen LogP contribution in [0.1, 0.15) is 59.7 Å². The van der Waals surface area contributed by atoms with Gasteiger partial charge in [0.1, 0.15) is 5.60 Å². The standard InChI is InChI=1S/C20H30N2O6S/c1-7-27-18(23)14-10-12-22(19(24)28-20(4,5)6)17(14)16-15(9-8-11-21-16)29(25,26)13(2)3/h8-9,11,13-14,17H,7,10,12H2,1-6H3/t14-,17+/m1/s1. The number of carbonyl (C=O) groups excluding carboxylic acids is 2. The molecule has 162 valence electrons. The minimum atomic E-state index is -3.68. The van der Waals surface area contributed by atoms with Crippen molar-refractivity contribution in [3.8, 4) is 0 Å². The third-order valence-electron chi connectivity index (χ3n) is 4.62. The molecule has 0 N–H and O–H groups in total. The predicted octanol–water partition coefficient (Wildman–Crippen LogP) is 3.12. The van der Waals surface area contributed by atoms with Gasteiger partial charge in [0.15, 0.2) is 9.84 Å². The molecule has 0 saturated carbocycles. The van der Waals surface area contributed by atoms with Gasteiger partial charge in [0.2, 0.25) is 0 Å². The summed E-state index contributed by atoms with van der Waals surface area (Å²) in [5, 5.41) is -0.678. The van der Waals surface area contributed by atoms with Crippen molar-refractivity contribution in [2.45, 2.75) is 69.8 Å². The fourth-order valence-electron chi connectivity index (χ4n) is 3.27. The number of pyridine rings is 1. The number of rotatable bonds is 5. The molecule has 0 radical (unpaired) electrons. The molecule has 8 nitrogen and oxygen atoms in total. The highest BCUT2D eigenvalue weighted by Crippen LogP contribution is 2.41. The number of sulfone groups is 1. The first-order chi connectivity index (χ1) is 13.4. The van der Waals surface area contributed by atoms with Crippen molar-refractivity contribution >= 4 is 21.9 Å². The van der Waals surface area contributed by atoms with E-state index in [9.17, 15) is 18.0 Å². The molecule has 0 aliphatic carbocycles. The smallest absolute Gasteiger partial charge is 0.410 e. The number of likely N-dealkylation sites (tertiary alicyclic amines) is 1. The Labute approximate surface area is 172 Å². The highest BCUT2D eigenvalue weighted by atomic mass is 32.2. The summed E-state index contributed by atoms with van der Waals surface area (Å²) in [6, 6.07) is 2.12. The van der Waals surface area contributed by atoms with E-state index in [0.29, 0.717) is 6.42 Å². The van der Waals surface area contributed by atoms with Crippen LogP contribution in [-0.4, -0.2) is 54.4 Å². The average molecular weight is 427 g/mol. The molecule has 1 aromatic heterocycles. The van der Waals surface area contributed by atoms with Crippen LogP contribution in [0.3, 0.4) is 0 Å². The lowest BCUT2D eigenvalue weighted by Gasteiger charge is -2.30.